The first-order chi connectivity index (χ1) is 27.3. The van der Waals surface area contributed by atoms with Crippen LogP contribution < -0.4 is 0 Å². The van der Waals surface area contributed by atoms with Gasteiger partial charge in [0.15, 0.2) is 17.5 Å². The maximum Gasteiger partial charge on any atom is 0.164 e. The molecule has 0 atom stereocenters. The van der Waals surface area contributed by atoms with Gasteiger partial charge >= 0.3 is 0 Å². The maximum atomic E-state index is 5.35. The zero-order chi connectivity index (χ0) is 38.8. The monoisotopic (exact) mass is 724 g/mol. The molecule has 0 saturated heterocycles. The number of rotatable bonds is 9. The second-order valence-corrected chi connectivity index (χ2v) is 14.7. The fraction of sp³-hybridized carbons (Fsp3) is 0.115. The number of hydrogen-bond acceptors (Lipinski definition) is 4. The van der Waals surface area contributed by atoms with E-state index in [1.807, 2.05) is 43.3 Å². The summed E-state index contributed by atoms with van der Waals surface area (Å²) in [5, 5.41) is 4.47. The highest BCUT2D eigenvalue weighted by Crippen LogP contribution is 2.40. The molecule has 4 heteroatoms. The summed E-state index contributed by atoms with van der Waals surface area (Å²) in [7, 11) is 0. The number of benzene rings is 6. The Hall–Kier alpha value is -6.78. The van der Waals surface area contributed by atoms with Gasteiger partial charge in [0.2, 0.25) is 0 Å². The van der Waals surface area contributed by atoms with Gasteiger partial charge in [0, 0.05) is 44.0 Å². The molecular weight excluding hydrogens is 681 g/mol. The molecule has 0 unspecified atom stereocenters. The Kier molecular flexibility index (Phi) is 10.0. The van der Waals surface area contributed by atoms with Gasteiger partial charge in [0.1, 0.15) is 0 Å². The van der Waals surface area contributed by atoms with Gasteiger partial charge in [-0.15, -0.1) is 0 Å². The largest absolute Gasteiger partial charge is 0.246 e. The molecule has 0 spiro atoms. The predicted molar refractivity (Wildman–Crippen MR) is 239 cm³/mol. The fourth-order valence-electron chi connectivity index (χ4n) is 7.48. The maximum absolute atomic E-state index is 5.35. The number of nitrogens with zero attached hydrogens (tertiary/aromatic N) is 4. The third-order valence-corrected chi connectivity index (χ3v) is 10.2. The molecule has 0 aliphatic heterocycles. The highest BCUT2D eigenvalue weighted by atomic mass is 15.0. The fourth-order valence-corrected chi connectivity index (χ4v) is 7.48. The van der Waals surface area contributed by atoms with Crippen molar-refractivity contribution in [2.75, 3.05) is 0 Å². The molecule has 8 aromatic rings. The first-order valence-corrected chi connectivity index (χ1v) is 19.2. The third kappa shape index (κ3) is 6.98. The van der Waals surface area contributed by atoms with Crippen LogP contribution in [0.2, 0.25) is 0 Å². The number of hydrogen-bond donors (Lipinski definition) is 0. The van der Waals surface area contributed by atoms with E-state index in [-0.39, 0.29) is 0 Å². The molecule has 0 radical (unpaired) electrons. The lowest BCUT2D eigenvalue weighted by atomic mass is 9.91. The van der Waals surface area contributed by atoms with Crippen LogP contribution in [0.15, 0.2) is 158 Å². The van der Waals surface area contributed by atoms with Crippen LogP contribution in [0.5, 0.6) is 0 Å². The van der Waals surface area contributed by atoms with Crippen LogP contribution >= 0.6 is 0 Å². The quantitative estimate of drug-likeness (QED) is 0.0845. The summed E-state index contributed by atoms with van der Waals surface area (Å²) in [6.07, 6.45) is 10.5. The van der Waals surface area contributed by atoms with Crippen molar-refractivity contribution in [2.24, 2.45) is 5.92 Å². The van der Waals surface area contributed by atoms with E-state index in [0.717, 1.165) is 77.1 Å². The SMILES string of the molecule is C=Cc1c(/C=C\C)ccc2c(-c3ccc(-c4nc(-c5ccccc5)nc(-c5cccc(/C(=C/C=C(C)C)C(C)C)c5)n4)cc3)c3ccc4ccccc4c3nc12. The Bertz CT molecular complexity index is 2860. The molecule has 4 nitrogen and oxygen atoms in total. The summed E-state index contributed by atoms with van der Waals surface area (Å²) in [4.78, 5) is 20.6. The van der Waals surface area contributed by atoms with Crippen molar-refractivity contribution in [2.45, 2.75) is 34.6 Å². The predicted octanol–water partition coefficient (Wildman–Crippen LogP) is 14.1. The van der Waals surface area contributed by atoms with E-state index in [1.165, 1.54) is 11.1 Å². The van der Waals surface area contributed by atoms with Gasteiger partial charge in [-0.05, 0) is 60.4 Å². The van der Waals surface area contributed by atoms with Crippen LogP contribution in [0.25, 0.3) is 95.6 Å². The number of fused-ring (bicyclic) bond motifs is 4. The van der Waals surface area contributed by atoms with Crippen LogP contribution in [0.1, 0.15) is 51.3 Å². The Labute approximate surface area is 329 Å². The standard InChI is InChI=1S/C52H44N4/c1-7-15-35-27-30-45-47(46-31-28-36-16-12-13-21-44(36)49(46)53-48(45)42(35)8-2)37-23-25-39(26-24-37)51-54-50(38-17-10-9-11-18-38)55-52(56-51)41-20-14-19-40(32-41)43(34(5)6)29-22-33(3)4/h7-32,34H,2H2,1,3-6H3/b15-7-,43-29+. The molecule has 0 amide bonds. The lowest BCUT2D eigenvalue weighted by molar-refractivity contribution is 0.855. The first kappa shape index (κ1) is 36.2. The van der Waals surface area contributed by atoms with Gasteiger partial charge < -0.3 is 0 Å². The van der Waals surface area contributed by atoms with Crippen LogP contribution in [-0.2, 0) is 0 Å². The Morgan fingerprint density at radius 3 is 1.89 bits per heavy atom. The molecule has 0 N–H and O–H groups in total. The molecular formula is C52H44N4. The summed E-state index contributed by atoms with van der Waals surface area (Å²) in [6, 6.07) is 44.5. The smallest absolute Gasteiger partial charge is 0.164 e. The minimum absolute atomic E-state index is 0.347. The summed E-state index contributed by atoms with van der Waals surface area (Å²) >= 11 is 0. The van der Waals surface area contributed by atoms with Gasteiger partial charge in [-0.1, -0.05) is 178 Å². The van der Waals surface area contributed by atoms with E-state index >= 15 is 0 Å². The molecule has 0 saturated carbocycles. The lowest BCUT2D eigenvalue weighted by Crippen LogP contribution is -2.01. The van der Waals surface area contributed by atoms with E-state index in [4.69, 9.17) is 19.9 Å². The van der Waals surface area contributed by atoms with Gasteiger partial charge in [-0.25, -0.2) is 19.9 Å². The molecule has 0 aliphatic rings. The van der Waals surface area contributed by atoms with Crippen LogP contribution in [0.4, 0.5) is 0 Å². The van der Waals surface area contributed by atoms with Crippen molar-refractivity contribution in [3.05, 3.63) is 174 Å². The molecule has 0 bridgehead atoms. The number of aromatic nitrogens is 4. The Morgan fingerprint density at radius 2 is 1.20 bits per heavy atom. The van der Waals surface area contributed by atoms with Gasteiger partial charge in [0.05, 0.1) is 11.0 Å². The second-order valence-electron chi connectivity index (χ2n) is 14.7. The van der Waals surface area contributed by atoms with Crippen molar-refractivity contribution < 1.29 is 0 Å². The van der Waals surface area contributed by atoms with Crippen molar-refractivity contribution in [1.29, 1.82) is 0 Å². The van der Waals surface area contributed by atoms with E-state index in [0.29, 0.717) is 23.4 Å². The highest BCUT2D eigenvalue weighted by molar-refractivity contribution is 6.18. The molecule has 0 aliphatic carbocycles. The van der Waals surface area contributed by atoms with E-state index in [2.05, 4.69) is 156 Å². The molecule has 272 valence electrons. The zero-order valence-electron chi connectivity index (χ0n) is 32.6. The Morgan fingerprint density at radius 1 is 0.571 bits per heavy atom. The second kappa shape index (κ2) is 15.5. The van der Waals surface area contributed by atoms with Gasteiger partial charge in [-0.2, -0.15) is 0 Å². The van der Waals surface area contributed by atoms with Crippen molar-refractivity contribution >= 4 is 50.3 Å². The minimum Gasteiger partial charge on any atom is -0.246 e. The van der Waals surface area contributed by atoms with Gasteiger partial charge in [-0.3, -0.25) is 0 Å². The first-order valence-electron chi connectivity index (χ1n) is 19.2. The number of pyridine rings is 1. The van der Waals surface area contributed by atoms with Crippen molar-refractivity contribution in [3.8, 4) is 45.3 Å². The molecule has 56 heavy (non-hydrogen) atoms. The topological polar surface area (TPSA) is 51.6 Å². The van der Waals surface area contributed by atoms with Crippen LogP contribution in [0.3, 0.4) is 0 Å². The van der Waals surface area contributed by atoms with Gasteiger partial charge in [0.25, 0.3) is 0 Å². The summed E-state index contributed by atoms with van der Waals surface area (Å²) < 4.78 is 0. The zero-order valence-corrected chi connectivity index (χ0v) is 32.6. The molecule has 2 heterocycles. The molecule has 0 fully saturated rings. The normalized spacial score (nSPS) is 11.9. The molecule has 2 aromatic heterocycles. The summed E-state index contributed by atoms with van der Waals surface area (Å²) in [5.74, 6) is 2.24. The Balaban J connectivity index is 1.30. The van der Waals surface area contributed by atoms with E-state index in [1.54, 1.807) is 0 Å². The average Bonchev–Trinajstić information content (AvgIpc) is 3.23. The number of allylic oxidation sites excluding steroid dienone is 5. The molecule has 6 aromatic carbocycles. The summed E-state index contributed by atoms with van der Waals surface area (Å²) in [6.45, 7) is 15.0. The lowest BCUT2D eigenvalue weighted by Gasteiger charge is -2.16. The summed E-state index contributed by atoms with van der Waals surface area (Å²) in [5.41, 5.74) is 12.7. The average molecular weight is 725 g/mol. The van der Waals surface area contributed by atoms with E-state index in [9.17, 15) is 0 Å². The highest BCUT2D eigenvalue weighted by Gasteiger charge is 2.18. The minimum atomic E-state index is 0.347. The van der Waals surface area contributed by atoms with Crippen molar-refractivity contribution in [1.82, 2.24) is 19.9 Å². The third-order valence-electron chi connectivity index (χ3n) is 10.2. The molecule has 8 rings (SSSR count). The van der Waals surface area contributed by atoms with Crippen LogP contribution in [-0.4, -0.2) is 19.9 Å². The van der Waals surface area contributed by atoms with Crippen molar-refractivity contribution in [3.63, 3.8) is 0 Å². The van der Waals surface area contributed by atoms with Crippen LogP contribution in [0, 0.1) is 5.92 Å². The van der Waals surface area contributed by atoms with E-state index < -0.39 is 0 Å².